The van der Waals surface area contributed by atoms with Crippen molar-refractivity contribution in [3.63, 3.8) is 0 Å². The zero-order chi connectivity index (χ0) is 36.1. The maximum absolute atomic E-state index is 13.9. The fourth-order valence-corrected chi connectivity index (χ4v) is 6.23. The van der Waals surface area contributed by atoms with Crippen molar-refractivity contribution in [3.8, 4) is 5.75 Å². The number of methoxy groups -OCH3 is 2. The summed E-state index contributed by atoms with van der Waals surface area (Å²) in [6.45, 7) is 7.80. The average Bonchev–Trinajstić information content (AvgIpc) is 3.00. The number of esters is 1. The van der Waals surface area contributed by atoms with E-state index in [1.807, 2.05) is 13.0 Å². The van der Waals surface area contributed by atoms with Crippen molar-refractivity contribution in [1.82, 2.24) is 10.2 Å². The Balaban J connectivity index is 2.15. The van der Waals surface area contributed by atoms with Gasteiger partial charge in [0.05, 0.1) is 24.8 Å². The number of halogens is 1. The zero-order valence-corrected chi connectivity index (χ0v) is 29.8. The van der Waals surface area contributed by atoms with E-state index in [1.165, 1.54) is 58.9 Å². The smallest absolute Gasteiger partial charge is 0.409 e. The Morgan fingerprint density at radius 1 is 1.21 bits per heavy atom. The van der Waals surface area contributed by atoms with Crippen LogP contribution < -0.4 is 15.0 Å². The van der Waals surface area contributed by atoms with E-state index in [4.69, 9.17) is 30.5 Å². The molecule has 2 heterocycles. The number of benzene rings is 1. The minimum Gasteiger partial charge on any atom is -0.495 e. The molecule has 3 N–H and O–H groups in total. The molecule has 13 nitrogen and oxygen atoms in total. The molecule has 3 rings (SSSR count). The van der Waals surface area contributed by atoms with E-state index >= 15 is 0 Å². The van der Waals surface area contributed by atoms with Crippen LogP contribution in [0, 0.1) is 5.92 Å². The molecule has 3 unspecified atom stereocenters. The molecule has 0 saturated carbocycles. The lowest BCUT2D eigenvalue weighted by Gasteiger charge is -2.43. The van der Waals surface area contributed by atoms with Crippen molar-refractivity contribution in [3.05, 3.63) is 46.5 Å². The predicted molar refractivity (Wildman–Crippen MR) is 179 cm³/mol. The fraction of sp³-hybridized carbons (Fsp3) is 0.588. The van der Waals surface area contributed by atoms with Gasteiger partial charge in [0.15, 0.2) is 5.72 Å². The summed E-state index contributed by atoms with van der Waals surface area (Å²) in [5, 5.41) is 26.2. The van der Waals surface area contributed by atoms with E-state index in [1.54, 1.807) is 31.2 Å². The first-order chi connectivity index (χ1) is 22.3. The molecule has 0 aromatic heterocycles. The molecule has 4 bridgehead atoms. The summed E-state index contributed by atoms with van der Waals surface area (Å²) in [5.41, 5.74) is -1.69. The lowest BCUT2D eigenvalue weighted by Crippen LogP contribution is -2.63. The maximum atomic E-state index is 13.9. The van der Waals surface area contributed by atoms with Crippen LogP contribution in [0.2, 0.25) is 5.02 Å². The molecule has 2 aliphatic rings. The minimum absolute atomic E-state index is 0.0990. The van der Waals surface area contributed by atoms with Crippen LogP contribution in [-0.4, -0.2) is 103 Å². The molecule has 0 radical (unpaired) electrons. The van der Waals surface area contributed by atoms with Crippen LogP contribution in [0.3, 0.4) is 0 Å². The van der Waals surface area contributed by atoms with Gasteiger partial charge >= 0.3 is 12.1 Å². The highest BCUT2D eigenvalue weighted by molar-refractivity contribution is 6.35. The van der Waals surface area contributed by atoms with Gasteiger partial charge in [-0.1, -0.05) is 42.3 Å². The van der Waals surface area contributed by atoms with Gasteiger partial charge in [0.1, 0.15) is 35.1 Å². The van der Waals surface area contributed by atoms with E-state index in [0.717, 1.165) is 11.1 Å². The van der Waals surface area contributed by atoms with Crippen molar-refractivity contribution in [2.45, 2.75) is 96.0 Å². The largest absolute Gasteiger partial charge is 0.495 e. The molecule has 2 aliphatic heterocycles. The van der Waals surface area contributed by atoms with Gasteiger partial charge in [-0.05, 0) is 57.2 Å². The first-order valence-corrected chi connectivity index (χ1v) is 16.1. The molecule has 48 heavy (non-hydrogen) atoms. The molecule has 7 atom stereocenters. The summed E-state index contributed by atoms with van der Waals surface area (Å²) in [7, 11) is 5.82. The third-order valence-corrected chi connectivity index (χ3v) is 9.48. The highest BCUT2D eigenvalue weighted by atomic mass is 35.5. The standard InChI is InChI=1S/C34H48ClN3O10/c1-19-11-10-12-27(46-9)34(44)18-26(47-32(42)36-34)20(2)17-33(5,43)28(48-31(41)21(3)37(6)22(4)39)16-29(40)38(7)24-14-23(13-19)15-25(45-8)30(24)35/h10-12,14-15,20-21,26-28,43-44H,13,16-18H2,1-9H3,(H,36,42)/b12-10+,19-11+/t20-,21?,26?,27+,28-,33?,34-/m1/s1. The second-order valence-corrected chi connectivity index (χ2v) is 13.4. The van der Waals surface area contributed by atoms with E-state index in [0.29, 0.717) is 17.9 Å². The van der Waals surface area contributed by atoms with Gasteiger partial charge in [-0.25, -0.2) is 9.59 Å². The number of fused-ring (bicyclic) bond motifs is 4. The monoisotopic (exact) mass is 693 g/mol. The van der Waals surface area contributed by atoms with Gasteiger partial charge in [0.25, 0.3) is 0 Å². The number of aliphatic hydroxyl groups is 2. The minimum atomic E-state index is -1.86. The van der Waals surface area contributed by atoms with Crippen LogP contribution in [0.1, 0.15) is 59.4 Å². The Kier molecular flexibility index (Phi) is 12.7. The Morgan fingerprint density at radius 2 is 1.88 bits per heavy atom. The molecular formula is C34H48ClN3O10. The lowest BCUT2D eigenvalue weighted by molar-refractivity contribution is -0.176. The molecule has 14 heteroatoms. The second kappa shape index (κ2) is 15.7. The molecule has 1 saturated heterocycles. The topological polar surface area (TPSA) is 164 Å². The van der Waals surface area contributed by atoms with Gasteiger partial charge in [-0.15, -0.1) is 0 Å². The normalized spacial score (nSPS) is 31.0. The number of carbonyl (C=O) groups is 4. The number of alkyl carbamates (subject to hydrolysis) is 1. The highest BCUT2D eigenvalue weighted by Gasteiger charge is 2.48. The first kappa shape index (κ1) is 38.8. The van der Waals surface area contributed by atoms with Crippen LogP contribution in [-0.2, 0) is 35.0 Å². The summed E-state index contributed by atoms with van der Waals surface area (Å²) in [6, 6.07) is 2.49. The third-order valence-electron chi connectivity index (χ3n) is 9.10. The number of carbonyl (C=O) groups excluding carboxylic acids is 4. The van der Waals surface area contributed by atoms with E-state index in [2.05, 4.69) is 5.32 Å². The molecule has 1 aromatic carbocycles. The van der Waals surface area contributed by atoms with Gasteiger partial charge in [0, 0.05) is 34.5 Å². The summed E-state index contributed by atoms with van der Waals surface area (Å²) in [6.07, 6.45) is 0.780. The molecule has 0 spiro atoms. The van der Waals surface area contributed by atoms with Crippen LogP contribution in [0.25, 0.3) is 0 Å². The summed E-state index contributed by atoms with van der Waals surface area (Å²) < 4.78 is 22.4. The Bertz CT molecular complexity index is 1450. The number of rotatable bonds is 5. The highest BCUT2D eigenvalue weighted by Crippen LogP contribution is 2.38. The lowest BCUT2D eigenvalue weighted by atomic mass is 9.81. The number of likely N-dealkylation sites (N-methyl/N-ethyl adjacent to an activating group) is 1. The van der Waals surface area contributed by atoms with Crippen LogP contribution in [0.5, 0.6) is 5.75 Å². The van der Waals surface area contributed by atoms with Gasteiger partial charge in [-0.3, -0.25) is 14.9 Å². The number of amides is 3. The number of anilines is 1. The SMILES string of the molecule is COc1cc2cc(c1Cl)N(C)C(=O)C[C@@H](OC(=O)C(C)N(C)C(C)=O)C(C)(O)C[C@@H](C)C1C[C@](O)(NC(=O)O1)[C@@H](OC)/C=C/C=C(\C)C2. The molecule has 3 amide bonds. The first-order valence-electron chi connectivity index (χ1n) is 15.7. The van der Waals surface area contributed by atoms with Crippen molar-refractivity contribution in [2.24, 2.45) is 5.92 Å². The predicted octanol–water partition coefficient (Wildman–Crippen LogP) is 3.52. The Labute approximate surface area is 286 Å². The van der Waals surface area contributed by atoms with Gasteiger partial charge < -0.3 is 39.0 Å². The van der Waals surface area contributed by atoms with Gasteiger partial charge in [0.2, 0.25) is 11.8 Å². The molecule has 0 aliphatic carbocycles. The second-order valence-electron chi connectivity index (χ2n) is 13.0. The molecule has 266 valence electrons. The van der Waals surface area contributed by atoms with Crippen LogP contribution in [0.15, 0.2) is 35.9 Å². The van der Waals surface area contributed by atoms with Gasteiger partial charge in [-0.2, -0.15) is 0 Å². The Morgan fingerprint density at radius 3 is 2.48 bits per heavy atom. The number of ether oxygens (including phenoxy) is 4. The quantitative estimate of drug-likeness (QED) is 0.389. The number of hydrogen-bond donors (Lipinski definition) is 3. The molecule has 1 aromatic rings. The number of nitrogens with one attached hydrogen (secondary N) is 1. The summed E-state index contributed by atoms with van der Waals surface area (Å²) in [4.78, 5) is 54.3. The van der Waals surface area contributed by atoms with E-state index in [9.17, 15) is 29.4 Å². The maximum Gasteiger partial charge on any atom is 0.409 e. The average molecular weight is 694 g/mol. The fourth-order valence-electron chi connectivity index (χ4n) is 5.92. The van der Waals surface area contributed by atoms with Crippen molar-refractivity contribution in [1.29, 1.82) is 0 Å². The molecular weight excluding hydrogens is 646 g/mol. The van der Waals surface area contributed by atoms with Crippen LogP contribution in [0.4, 0.5) is 10.5 Å². The van der Waals surface area contributed by atoms with Crippen molar-refractivity contribution < 1.29 is 48.3 Å². The number of allylic oxidation sites excluding steroid dienone is 3. The number of hydrogen-bond acceptors (Lipinski definition) is 10. The van der Waals surface area contributed by atoms with E-state index < -0.39 is 66.0 Å². The summed E-state index contributed by atoms with van der Waals surface area (Å²) >= 11 is 6.68. The van der Waals surface area contributed by atoms with Crippen molar-refractivity contribution >= 4 is 41.2 Å². The van der Waals surface area contributed by atoms with Crippen molar-refractivity contribution in [2.75, 3.05) is 33.2 Å². The zero-order valence-electron chi connectivity index (χ0n) is 29.0. The van der Waals surface area contributed by atoms with Crippen LogP contribution >= 0.6 is 11.6 Å². The molecule has 1 fully saturated rings. The number of nitrogens with zero attached hydrogens (tertiary/aromatic N) is 2. The third kappa shape index (κ3) is 9.07. The Hall–Kier alpha value is -3.65. The summed E-state index contributed by atoms with van der Waals surface area (Å²) in [5.74, 6) is -2.01. The van der Waals surface area contributed by atoms with E-state index in [-0.39, 0.29) is 23.8 Å².